The minimum Gasteiger partial charge on any atom is -0.357 e. The zero-order valence-corrected chi connectivity index (χ0v) is 15.2. The van der Waals surface area contributed by atoms with Crippen molar-refractivity contribution in [1.29, 1.82) is 0 Å². The summed E-state index contributed by atoms with van der Waals surface area (Å²) in [6.07, 6.45) is 6.96. The van der Waals surface area contributed by atoms with Gasteiger partial charge in [0.25, 0.3) is 0 Å². The average molecular weight is 335 g/mol. The third-order valence-electron chi connectivity index (χ3n) is 7.53. The van der Waals surface area contributed by atoms with Gasteiger partial charge >= 0.3 is 0 Å². The smallest absolute Gasteiger partial charge is 0.148 e. The van der Waals surface area contributed by atoms with Crippen molar-refractivity contribution in [3.63, 3.8) is 0 Å². The number of hydrogen-bond donors (Lipinski definition) is 1. The van der Waals surface area contributed by atoms with Crippen LogP contribution in [0.2, 0.25) is 0 Å². The predicted molar refractivity (Wildman–Crippen MR) is 100 cm³/mol. The molecule has 0 amide bonds. The minimum atomic E-state index is 0.0395. The Morgan fingerprint density at radius 2 is 2.20 bits per heavy atom. The zero-order valence-electron chi connectivity index (χ0n) is 15.2. The monoisotopic (exact) mass is 335 g/mol. The zero-order chi connectivity index (χ0) is 17.2. The Labute approximate surface area is 150 Å². The highest BCUT2D eigenvalue weighted by molar-refractivity contribution is 5.84. The van der Waals surface area contributed by atoms with Crippen molar-refractivity contribution in [2.45, 2.75) is 44.6 Å². The van der Waals surface area contributed by atoms with Gasteiger partial charge in [-0.1, -0.05) is 31.2 Å². The van der Waals surface area contributed by atoms with E-state index < -0.39 is 0 Å². The molecule has 0 aromatic heterocycles. The molecule has 4 aliphatic rings. The molecular weight excluding hydrogens is 308 g/mol. The van der Waals surface area contributed by atoms with Crippen LogP contribution in [-0.2, 0) is 10.2 Å². The van der Waals surface area contributed by atoms with Crippen LogP contribution in [0.1, 0.15) is 38.7 Å². The number of carbonyl (C=O) groups is 1. The molecular formula is C22H27N2O+. The second kappa shape index (κ2) is 5.07. The number of hydrogen-bond acceptors (Lipinski definition) is 2. The molecule has 1 aromatic carbocycles. The maximum atomic E-state index is 12.2. The first-order chi connectivity index (χ1) is 12.2. The van der Waals surface area contributed by atoms with E-state index in [2.05, 4.69) is 49.5 Å². The first-order valence-electron chi connectivity index (χ1n) is 9.77. The molecule has 1 N–H and O–H groups in total. The third-order valence-corrected chi connectivity index (χ3v) is 7.53. The molecule has 1 spiro atoms. The lowest BCUT2D eigenvalue weighted by Crippen LogP contribution is -2.63. The molecule has 3 heteroatoms. The number of piperidine rings is 1. The lowest BCUT2D eigenvalue weighted by Gasteiger charge is -2.53. The van der Waals surface area contributed by atoms with Crippen LogP contribution in [0.25, 0.3) is 0 Å². The number of allylic oxidation sites excluding steroid dienone is 2. The normalized spacial score (nSPS) is 39.2. The summed E-state index contributed by atoms with van der Waals surface area (Å²) in [5.74, 6) is 0.318. The topological polar surface area (TPSA) is 29.1 Å². The van der Waals surface area contributed by atoms with Crippen LogP contribution >= 0.6 is 0 Å². The van der Waals surface area contributed by atoms with Gasteiger partial charge in [0.2, 0.25) is 0 Å². The highest BCUT2D eigenvalue weighted by Gasteiger charge is 2.68. The van der Waals surface area contributed by atoms with Gasteiger partial charge in [-0.3, -0.25) is 4.79 Å². The van der Waals surface area contributed by atoms with Crippen molar-refractivity contribution in [1.82, 2.24) is 0 Å². The summed E-state index contributed by atoms with van der Waals surface area (Å²) in [5, 5.41) is 3.70. The van der Waals surface area contributed by atoms with E-state index in [0.29, 0.717) is 12.0 Å². The van der Waals surface area contributed by atoms with E-state index in [0.717, 1.165) is 31.2 Å². The van der Waals surface area contributed by atoms with E-state index in [-0.39, 0.29) is 5.41 Å². The number of aldehydes is 1. The summed E-state index contributed by atoms with van der Waals surface area (Å²) in [5.41, 5.74) is 6.44. The van der Waals surface area contributed by atoms with E-state index in [9.17, 15) is 4.79 Å². The number of rotatable bonds is 3. The van der Waals surface area contributed by atoms with Crippen LogP contribution in [0.3, 0.4) is 0 Å². The number of anilines is 1. The Bertz CT molecular complexity index is 823. The summed E-state index contributed by atoms with van der Waals surface area (Å²) < 4.78 is 1.22. The van der Waals surface area contributed by atoms with Crippen molar-refractivity contribution in [2.75, 3.05) is 25.0 Å². The average Bonchev–Trinajstić information content (AvgIpc) is 3.16. The first-order valence-corrected chi connectivity index (χ1v) is 9.77. The number of quaternary nitrogens is 1. The fraction of sp³-hybridized carbons (Fsp3) is 0.500. The molecule has 130 valence electrons. The highest BCUT2D eigenvalue weighted by Crippen LogP contribution is 2.63. The number of nitrogens with one attached hydrogen (secondary N) is 1. The molecule has 3 nitrogen and oxygen atoms in total. The molecule has 2 saturated heterocycles. The molecule has 0 unspecified atom stereocenters. The van der Waals surface area contributed by atoms with Gasteiger partial charge in [-0.15, -0.1) is 0 Å². The van der Waals surface area contributed by atoms with Crippen LogP contribution < -0.4 is 5.32 Å². The maximum Gasteiger partial charge on any atom is 0.148 e. The number of fused-ring (bicyclic) bond motifs is 2. The van der Waals surface area contributed by atoms with Crippen molar-refractivity contribution in [2.24, 2.45) is 5.92 Å². The van der Waals surface area contributed by atoms with E-state index >= 15 is 0 Å². The molecule has 4 atom stereocenters. The van der Waals surface area contributed by atoms with E-state index in [1.807, 2.05) is 0 Å². The molecule has 1 aliphatic carbocycles. The van der Waals surface area contributed by atoms with E-state index in [1.165, 1.54) is 46.5 Å². The number of carbonyl (C=O) groups excluding carboxylic acids is 1. The third kappa shape index (κ3) is 1.68. The van der Waals surface area contributed by atoms with Crippen molar-refractivity contribution >= 4 is 12.0 Å². The summed E-state index contributed by atoms with van der Waals surface area (Å²) in [6.45, 7) is 8.08. The Morgan fingerprint density at radius 3 is 2.96 bits per heavy atom. The Hall–Kier alpha value is -1.87. The molecule has 5 rings (SSSR count). The number of para-hydroxylation sites is 1. The summed E-state index contributed by atoms with van der Waals surface area (Å²) >= 11 is 0. The van der Waals surface area contributed by atoms with Gasteiger partial charge in [0, 0.05) is 35.7 Å². The fourth-order valence-electron chi connectivity index (χ4n) is 6.68. The molecule has 2 bridgehead atoms. The van der Waals surface area contributed by atoms with Crippen molar-refractivity contribution in [3.05, 3.63) is 52.7 Å². The molecule has 1 aromatic rings. The van der Waals surface area contributed by atoms with Crippen molar-refractivity contribution < 1.29 is 9.28 Å². The quantitative estimate of drug-likeness (QED) is 0.517. The van der Waals surface area contributed by atoms with Crippen molar-refractivity contribution in [3.8, 4) is 0 Å². The van der Waals surface area contributed by atoms with Gasteiger partial charge in [0.1, 0.15) is 18.9 Å². The van der Waals surface area contributed by atoms with Gasteiger partial charge < -0.3 is 9.80 Å². The Kier molecular flexibility index (Phi) is 3.12. The molecule has 3 heterocycles. The van der Waals surface area contributed by atoms with Gasteiger partial charge in [0.15, 0.2) is 0 Å². The summed E-state index contributed by atoms with van der Waals surface area (Å²) in [4.78, 5) is 12.2. The van der Waals surface area contributed by atoms with Gasteiger partial charge in [-0.2, -0.15) is 0 Å². The van der Waals surface area contributed by atoms with Crippen LogP contribution in [0.5, 0.6) is 0 Å². The predicted octanol–water partition coefficient (Wildman–Crippen LogP) is 3.78. The Balaban J connectivity index is 1.81. The molecule has 0 saturated carbocycles. The minimum absolute atomic E-state index is 0.0395. The van der Waals surface area contributed by atoms with E-state index in [4.69, 9.17) is 0 Å². The SMILES string of the molecule is C/C=C1\C[N@+]2(CCC)CC[C@@]34C(=C(C=O)[C@H]1C[C@@H]32)Nc1ccccc14. The molecule has 25 heavy (non-hydrogen) atoms. The van der Waals surface area contributed by atoms with Gasteiger partial charge in [-0.25, -0.2) is 0 Å². The molecule has 2 fully saturated rings. The largest absolute Gasteiger partial charge is 0.357 e. The Morgan fingerprint density at radius 1 is 1.36 bits per heavy atom. The lowest BCUT2D eigenvalue weighted by molar-refractivity contribution is -0.941. The van der Waals surface area contributed by atoms with Crippen LogP contribution in [0.4, 0.5) is 5.69 Å². The number of benzene rings is 1. The summed E-state index contributed by atoms with van der Waals surface area (Å²) in [6, 6.07) is 9.36. The first kappa shape index (κ1) is 15.4. The highest BCUT2D eigenvalue weighted by atomic mass is 16.1. The lowest BCUT2D eigenvalue weighted by atomic mass is 9.61. The van der Waals surface area contributed by atoms with Crippen LogP contribution in [0, 0.1) is 5.92 Å². The second-order valence-corrected chi connectivity index (χ2v) is 8.33. The van der Waals surface area contributed by atoms with Crippen LogP contribution in [-0.4, -0.2) is 36.4 Å². The summed E-state index contributed by atoms with van der Waals surface area (Å²) in [7, 11) is 0. The number of nitrogens with zero attached hydrogens (tertiary/aromatic N) is 1. The molecule has 3 aliphatic heterocycles. The standard InChI is InChI=1S/C22H26N2O/c1-3-10-24-11-9-22-18-7-5-6-8-19(18)23-21(22)17(14-25)16(12-20(22)24)15(4-2)13-24/h4-8,14,16,20H,3,9-13H2,1-2H3/p+1/b15-4+/t16-,20-,22-,24-/m0/s1. The van der Waals surface area contributed by atoms with Gasteiger partial charge in [0.05, 0.1) is 18.5 Å². The fourth-order valence-corrected chi connectivity index (χ4v) is 6.68. The molecule has 0 radical (unpaired) electrons. The second-order valence-electron chi connectivity index (χ2n) is 8.33. The maximum absolute atomic E-state index is 12.2. The van der Waals surface area contributed by atoms with Crippen LogP contribution in [0.15, 0.2) is 47.2 Å². The van der Waals surface area contributed by atoms with E-state index in [1.54, 1.807) is 0 Å². The van der Waals surface area contributed by atoms with Gasteiger partial charge in [-0.05, 0) is 30.5 Å².